The molecule has 1 aromatic heterocycles. The molecule has 3 aromatic rings. The van der Waals surface area contributed by atoms with Gasteiger partial charge in [-0.1, -0.05) is 0 Å². The largest absolute Gasteiger partial charge is 0.454 e. The third-order valence-electron chi connectivity index (χ3n) is 3.73. The van der Waals surface area contributed by atoms with Gasteiger partial charge in [0.15, 0.2) is 17.3 Å². The maximum atomic E-state index is 12.5. The number of nitrogens with one attached hydrogen (secondary N) is 1. The molecule has 0 spiro atoms. The molecule has 0 fully saturated rings. The van der Waals surface area contributed by atoms with Crippen molar-refractivity contribution in [1.29, 1.82) is 0 Å². The lowest BCUT2D eigenvalue weighted by Crippen LogP contribution is -2.14. The molecule has 7 heteroatoms. The SMILES string of the molecule is CC(=O)c1cc2c(cc1NC(=O)c1ccc3ncsc3c1)OCO2. The number of fused-ring (bicyclic) bond motifs is 2. The second-order valence-electron chi connectivity index (χ2n) is 5.30. The summed E-state index contributed by atoms with van der Waals surface area (Å²) in [5.41, 5.74) is 3.87. The quantitative estimate of drug-likeness (QED) is 0.739. The average Bonchev–Trinajstić information content (AvgIpc) is 3.21. The maximum Gasteiger partial charge on any atom is 0.255 e. The second-order valence-corrected chi connectivity index (χ2v) is 6.18. The minimum absolute atomic E-state index is 0.103. The zero-order chi connectivity index (χ0) is 16.7. The van der Waals surface area contributed by atoms with Crippen LogP contribution in [0.15, 0.2) is 35.8 Å². The topological polar surface area (TPSA) is 77.5 Å². The number of hydrogen-bond acceptors (Lipinski definition) is 6. The van der Waals surface area contributed by atoms with Crippen molar-refractivity contribution >= 4 is 38.9 Å². The van der Waals surface area contributed by atoms with Crippen LogP contribution in [-0.2, 0) is 0 Å². The lowest BCUT2D eigenvalue weighted by molar-refractivity contribution is 0.101. The zero-order valence-corrected chi connectivity index (χ0v) is 13.5. The zero-order valence-electron chi connectivity index (χ0n) is 12.7. The number of amides is 1. The van der Waals surface area contributed by atoms with Gasteiger partial charge in [0, 0.05) is 17.2 Å². The van der Waals surface area contributed by atoms with Crippen molar-refractivity contribution < 1.29 is 19.1 Å². The summed E-state index contributed by atoms with van der Waals surface area (Å²) in [7, 11) is 0. The fourth-order valence-corrected chi connectivity index (χ4v) is 3.24. The Hall–Kier alpha value is -2.93. The highest BCUT2D eigenvalue weighted by Gasteiger charge is 2.20. The van der Waals surface area contributed by atoms with Gasteiger partial charge in [0.25, 0.3) is 5.91 Å². The Labute approximate surface area is 141 Å². The van der Waals surface area contributed by atoms with Gasteiger partial charge in [-0.3, -0.25) is 9.59 Å². The first-order valence-electron chi connectivity index (χ1n) is 7.21. The van der Waals surface area contributed by atoms with Crippen LogP contribution in [0, 0.1) is 0 Å². The number of hydrogen-bond donors (Lipinski definition) is 1. The van der Waals surface area contributed by atoms with Crippen molar-refractivity contribution in [3.8, 4) is 11.5 Å². The highest BCUT2D eigenvalue weighted by Crippen LogP contribution is 2.37. The average molecular weight is 340 g/mol. The molecule has 0 atom stereocenters. The van der Waals surface area contributed by atoms with Crippen molar-refractivity contribution in [1.82, 2.24) is 4.98 Å². The summed E-state index contributed by atoms with van der Waals surface area (Å²) in [6.45, 7) is 1.54. The van der Waals surface area contributed by atoms with Gasteiger partial charge in [-0.05, 0) is 31.2 Å². The van der Waals surface area contributed by atoms with Gasteiger partial charge in [0.2, 0.25) is 6.79 Å². The molecule has 0 bridgehead atoms. The van der Waals surface area contributed by atoms with Crippen molar-refractivity contribution in [2.24, 2.45) is 0 Å². The molecule has 120 valence electrons. The Kier molecular flexibility index (Phi) is 3.42. The van der Waals surface area contributed by atoms with Crippen LogP contribution in [0.25, 0.3) is 10.2 Å². The smallest absolute Gasteiger partial charge is 0.255 e. The minimum atomic E-state index is -0.299. The van der Waals surface area contributed by atoms with E-state index in [0.717, 1.165) is 10.2 Å². The number of anilines is 1. The number of benzene rings is 2. The number of ketones is 1. The van der Waals surface area contributed by atoms with Crippen LogP contribution in [0.4, 0.5) is 5.69 Å². The van der Waals surface area contributed by atoms with Gasteiger partial charge < -0.3 is 14.8 Å². The van der Waals surface area contributed by atoms with Crippen LogP contribution in [0.1, 0.15) is 27.6 Å². The van der Waals surface area contributed by atoms with E-state index in [4.69, 9.17) is 9.47 Å². The summed E-state index contributed by atoms with van der Waals surface area (Å²) < 4.78 is 11.5. The molecular weight excluding hydrogens is 328 g/mol. The summed E-state index contributed by atoms with van der Waals surface area (Å²) in [5, 5.41) is 2.78. The molecule has 0 aliphatic carbocycles. The van der Waals surface area contributed by atoms with Gasteiger partial charge in [-0.2, -0.15) is 0 Å². The molecule has 0 saturated carbocycles. The summed E-state index contributed by atoms with van der Waals surface area (Å²) in [6, 6.07) is 8.49. The number of aromatic nitrogens is 1. The van der Waals surface area contributed by atoms with E-state index in [1.165, 1.54) is 18.3 Å². The van der Waals surface area contributed by atoms with Gasteiger partial charge in [-0.25, -0.2) is 4.98 Å². The summed E-state index contributed by atoms with van der Waals surface area (Å²) in [5.74, 6) is 0.547. The Morgan fingerprint density at radius 3 is 2.75 bits per heavy atom. The Balaban J connectivity index is 1.69. The van der Waals surface area contributed by atoms with Crippen molar-refractivity contribution in [3.05, 3.63) is 47.0 Å². The predicted molar refractivity (Wildman–Crippen MR) is 90.1 cm³/mol. The number of Topliss-reactive ketones (excluding diaryl/α,β-unsaturated/α-hetero) is 1. The number of thiazole rings is 1. The monoisotopic (exact) mass is 340 g/mol. The van der Waals surface area contributed by atoms with E-state index in [9.17, 15) is 9.59 Å². The molecule has 0 unspecified atom stereocenters. The van der Waals surface area contributed by atoms with E-state index in [2.05, 4.69) is 10.3 Å². The van der Waals surface area contributed by atoms with Crippen LogP contribution < -0.4 is 14.8 Å². The summed E-state index contributed by atoms with van der Waals surface area (Å²) in [6.07, 6.45) is 0. The van der Waals surface area contributed by atoms with Crippen LogP contribution in [0.3, 0.4) is 0 Å². The van der Waals surface area contributed by atoms with E-state index in [0.29, 0.717) is 28.3 Å². The first-order chi connectivity index (χ1) is 11.6. The fraction of sp³-hybridized carbons (Fsp3) is 0.118. The molecule has 6 nitrogen and oxygen atoms in total. The maximum absolute atomic E-state index is 12.5. The molecule has 1 aliphatic rings. The fourth-order valence-electron chi connectivity index (χ4n) is 2.53. The lowest BCUT2D eigenvalue weighted by Gasteiger charge is -2.10. The molecule has 4 rings (SSSR count). The van der Waals surface area contributed by atoms with Crippen LogP contribution in [-0.4, -0.2) is 23.5 Å². The molecular formula is C17H12N2O4S. The predicted octanol–water partition coefficient (Wildman–Crippen LogP) is 3.48. The Bertz CT molecular complexity index is 980. The number of ether oxygens (including phenoxy) is 2. The third kappa shape index (κ3) is 2.48. The number of nitrogens with zero attached hydrogens (tertiary/aromatic N) is 1. The van der Waals surface area contributed by atoms with Crippen LogP contribution in [0.2, 0.25) is 0 Å². The lowest BCUT2D eigenvalue weighted by atomic mass is 10.1. The molecule has 1 N–H and O–H groups in total. The number of carbonyl (C=O) groups excluding carboxylic acids is 2. The highest BCUT2D eigenvalue weighted by atomic mass is 32.1. The van der Waals surface area contributed by atoms with Crippen LogP contribution >= 0.6 is 11.3 Å². The first kappa shape index (κ1) is 14.6. The summed E-state index contributed by atoms with van der Waals surface area (Å²) in [4.78, 5) is 28.6. The molecule has 1 amide bonds. The number of rotatable bonds is 3. The molecule has 2 aromatic carbocycles. The van der Waals surface area contributed by atoms with E-state index in [1.54, 1.807) is 35.8 Å². The standard InChI is InChI=1S/C17H12N2O4S/c1-9(20)11-5-14-15(23-8-22-14)6-13(11)19-17(21)10-2-3-12-16(4-10)24-7-18-12/h2-7H,8H2,1H3,(H,19,21). The molecule has 24 heavy (non-hydrogen) atoms. The van der Waals surface area contributed by atoms with Gasteiger partial charge >= 0.3 is 0 Å². The Morgan fingerprint density at radius 1 is 1.17 bits per heavy atom. The normalized spacial score (nSPS) is 12.4. The first-order valence-corrected chi connectivity index (χ1v) is 8.09. The number of carbonyl (C=O) groups is 2. The molecule has 1 aliphatic heterocycles. The van der Waals surface area contributed by atoms with Crippen molar-refractivity contribution in [2.45, 2.75) is 6.92 Å². The minimum Gasteiger partial charge on any atom is -0.454 e. The molecule has 0 saturated heterocycles. The van der Waals surface area contributed by atoms with E-state index >= 15 is 0 Å². The van der Waals surface area contributed by atoms with Crippen LogP contribution in [0.5, 0.6) is 11.5 Å². The van der Waals surface area contributed by atoms with E-state index in [1.807, 2.05) is 0 Å². The summed E-state index contributed by atoms with van der Waals surface area (Å²) >= 11 is 1.47. The van der Waals surface area contributed by atoms with E-state index in [-0.39, 0.29) is 18.5 Å². The molecule has 0 radical (unpaired) electrons. The van der Waals surface area contributed by atoms with Gasteiger partial charge in [-0.15, -0.1) is 11.3 Å². The molecule has 2 heterocycles. The third-order valence-corrected chi connectivity index (χ3v) is 4.53. The van der Waals surface area contributed by atoms with Gasteiger partial charge in [0.05, 0.1) is 21.4 Å². The van der Waals surface area contributed by atoms with Crippen molar-refractivity contribution in [3.63, 3.8) is 0 Å². The highest BCUT2D eigenvalue weighted by molar-refractivity contribution is 7.16. The van der Waals surface area contributed by atoms with Gasteiger partial charge in [0.1, 0.15) is 0 Å². The van der Waals surface area contributed by atoms with E-state index < -0.39 is 0 Å². The van der Waals surface area contributed by atoms with Crippen molar-refractivity contribution in [2.75, 3.05) is 12.1 Å². The Morgan fingerprint density at radius 2 is 1.96 bits per heavy atom. The second kappa shape index (κ2) is 5.61.